The first-order valence-electron chi connectivity index (χ1n) is 5.05. The van der Waals surface area contributed by atoms with E-state index in [-0.39, 0.29) is 0 Å². The van der Waals surface area contributed by atoms with Crippen molar-refractivity contribution in [2.45, 2.75) is 26.3 Å². The smallest absolute Gasteiger partial charge is 0.170 e. The summed E-state index contributed by atoms with van der Waals surface area (Å²) in [5.41, 5.74) is 6.86. The molecule has 14 heavy (non-hydrogen) atoms. The maximum absolute atomic E-state index is 5.75. The first kappa shape index (κ1) is 9.52. The average molecular weight is 195 g/mol. The van der Waals surface area contributed by atoms with Crippen LogP contribution < -0.4 is 5.73 Å². The van der Waals surface area contributed by atoms with Crippen LogP contribution in [-0.4, -0.2) is 23.6 Å². The summed E-state index contributed by atoms with van der Waals surface area (Å²) in [6, 6.07) is 0.323. The number of likely N-dealkylation sites (N-methyl/N-ethyl adjacent to an activating group) is 1. The van der Waals surface area contributed by atoms with E-state index in [1.165, 1.54) is 0 Å². The molecule has 1 aromatic heterocycles. The molecule has 2 N–H and O–H groups in total. The summed E-state index contributed by atoms with van der Waals surface area (Å²) in [5, 5.41) is 3.84. The van der Waals surface area contributed by atoms with Crippen molar-refractivity contribution in [3.8, 4) is 0 Å². The minimum absolute atomic E-state index is 0.323. The fraction of sp³-hybridized carbons (Fsp3) is 0.700. The Morgan fingerprint density at radius 1 is 1.57 bits per heavy atom. The van der Waals surface area contributed by atoms with Gasteiger partial charge in [0.25, 0.3) is 0 Å². The molecule has 0 fully saturated rings. The van der Waals surface area contributed by atoms with Gasteiger partial charge in [-0.25, -0.2) is 0 Å². The number of hydrogen-bond acceptors (Lipinski definition) is 4. The lowest BCUT2D eigenvalue weighted by Crippen LogP contribution is -2.34. The van der Waals surface area contributed by atoms with Gasteiger partial charge in [-0.2, -0.15) is 0 Å². The summed E-state index contributed by atoms with van der Waals surface area (Å²) in [4.78, 5) is 2.30. The Hall–Kier alpha value is -1.03. The minimum atomic E-state index is 0.323. The van der Waals surface area contributed by atoms with E-state index in [0.717, 1.165) is 24.3 Å². The largest absolute Gasteiger partial charge is 0.381 e. The molecular formula is C10H17N3O. The van der Waals surface area contributed by atoms with Gasteiger partial charge in [-0.3, -0.25) is 4.90 Å². The summed E-state index contributed by atoms with van der Waals surface area (Å²) in [5.74, 6) is 2.05. The monoisotopic (exact) mass is 195 g/mol. The molecule has 1 unspecified atom stereocenters. The van der Waals surface area contributed by atoms with Crippen molar-refractivity contribution in [3.63, 3.8) is 0 Å². The molecule has 0 saturated carbocycles. The van der Waals surface area contributed by atoms with E-state index in [1.807, 2.05) is 0 Å². The molecule has 1 aliphatic rings. The second-order valence-electron chi connectivity index (χ2n) is 4.33. The van der Waals surface area contributed by atoms with Crippen molar-refractivity contribution >= 4 is 5.82 Å². The second kappa shape index (κ2) is 3.28. The molecule has 0 aliphatic carbocycles. The highest BCUT2D eigenvalue weighted by Gasteiger charge is 2.32. The Labute approximate surface area is 84.0 Å². The number of fused-ring (bicyclic) bond motifs is 1. The van der Waals surface area contributed by atoms with Crippen LogP contribution in [0.15, 0.2) is 4.52 Å². The van der Waals surface area contributed by atoms with Gasteiger partial charge >= 0.3 is 0 Å². The van der Waals surface area contributed by atoms with Gasteiger partial charge in [-0.1, -0.05) is 19.0 Å². The zero-order chi connectivity index (χ0) is 10.3. The van der Waals surface area contributed by atoms with Crippen molar-refractivity contribution in [3.05, 3.63) is 11.3 Å². The topological polar surface area (TPSA) is 55.3 Å². The standard InChI is InChI=1S/C10H17N3O/c1-6(2)8-9-7(4-5-13(8)3)10(11)12-14-9/h6,8H,4-5H2,1-3H3,(H2,11,12). The van der Waals surface area contributed by atoms with E-state index in [1.54, 1.807) is 0 Å². The third-order valence-electron chi connectivity index (χ3n) is 2.94. The number of nitrogen functional groups attached to an aromatic ring is 1. The molecule has 78 valence electrons. The van der Waals surface area contributed by atoms with E-state index >= 15 is 0 Å². The number of nitrogens with zero attached hydrogens (tertiary/aromatic N) is 2. The van der Waals surface area contributed by atoms with Crippen LogP contribution in [0, 0.1) is 5.92 Å². The van der Waals surface area contributed by atoms with Gasteiger partial charge in [-0.05, 0) is 19.4 Å². The van der Waals surface area contributed by atoms with Crippen LogP contribution in [0.1, 0.15) is 31.2 Å². The van der Waals surface area contributed by atoms with Crippen LogP contribution in [0.25, 0.3) is 0 Å². The van der Waals surface area contributed by atoms with Crippen molar-refractivity contribution in [1.29, 1.82) is 0 Å². The summed E-state index contributed by atoms with van der Waals surface area (Å²) in [6.45, 7) is 5.41. The summed E-state index contributed by atoms with van der Waals surface area (Å²) < 4.78 is 5.31. The van der Waals surface area contributed by atoms with Gasteiger partial charge in [0.05, 0.1) is 6.04 Å². The van der Waals surface area contributed by atoms with Crippen molar-refractivity contribution in [2.75, 3.05) is 19.3 Å². The number of anilines is 1. The molecule has 0 amide bonds. The SMILES string of the molecule is CC(C)C1c2onc(N)c2CCN1C. The van der Waals surface area contributed by atoms with Gasteiger partial charge in [-0.15, -0.1) is 0 Å². The minimum Gasteiger partial charge on any atom is -0.381 e. The molecule has 2 heterocycles. The first-order valence-corrected chi connectivity index (χ1v) is 5.05. The average Bonchev–Trinajstić information content (AvgIpc) is 2.47. The van der Waals surface area contributed by atoms with E-state index in [0.29, 0.717) is 17.8 Å². The molecule has 1 atom stereocenters. The highest BCUT2D eigenvalue weighted by molar-refractivity contribution is 5.43. The molecule has 4 heteroatoms. The summed E-state index contributed by atoms with van der Waals surface area (Å²) in [7, 11) is 2.12. The zero-order valence-corrected chi connectivity index (χ0v) is 8.95. The van der Waals surface area contributed by atoms with Gasteiger partial charge in [0.1, 0.15) is 0 Å². The number of hydrogen-bond donors (Lipinski definition) is 1. The van der Waals surface area contributed by atoms with Gasteiger partial charge < -0.3 is 10.3 Å². The highest BCUT2D eigenvalue weighted by atomic mass is 16.5. The molecule has 0 saturated heterocycles. The fourth-order valence-electron chi connectivity index (χ4n) is 2.26. The Morgan fingerprint density at radius 2 is 2.29 bits per heavy atom. The third kappa shape index (κ3) is 1.30. The lowest BCUT2D eigenvalue weighted by atomic mass is 9.92. The van der Waals surface area contributed by atoms with Crippen LogP contribution in [0.3, 0.4) is 0 Å². The van der Waals surface area contributed by atoms with Crippen LogP contribution in [0.4, 0.5) is 5.82 Å². The van der Waals surface area contributed by atoms with E-state index in [4.69, 9.17) is 10.3 Å². The Morgan fingerprint density at radius 3 is 2.93 bits per heavy atom. The van der Waals surface area contributed by atoms with E-state index in [9.17, 15) is 0 Å². The van der Waals surface area contributed by atoms with Crippen LogP contribution in [-0.2, 0) is 6.42 Å². The fourth-order valence-corrected chi connectivity index (χ4v) is 2.26. The first-order chi connectivity index (χ1) is 6.61. The predicted octanol–water partition coefficient (Wildman–Crippen LogP) is 1.44. The number of rotatable bonds is 1. The maximum Gasteiger partial charge on any atom is 0.170 e. The lowest BCUT2D eigenvalue weighted by molar-refractivity contribution is 0.144. The second-order valence-corrected chi connectivity index (χ2v) is 4.33. The van der Waals surface area contributed by atoms with Gasteiger partial charge in [0, 0.05) is 12.1 Å². The summed E-state index contributed by atoms with van der Waals surface area (Å²) in [6.07, 6.45) is 0.949. The number of aromatic nitrogens is 1. The van der Waals surface area contributed by atoms with E-state index < -0.39 is 0 Å². The third-order valence-corrected chi connectivity index (χ3v) is 2.94. The predicted molar refractivity (Wildman–Crippen MR) is 54.8 cm³/mol. The van der Waals surface area contributed by atoms with Crippen molar-refractivity contribution in [2.24, 2.45) is 5.92 Å². The quantitative estimate of drug-likeness (QED) is 0.736. The molecule has 0 spiro atoms. The Bertz CT molecular complexity index is 332. The van der Waals surface area contributed by atoms with Crippen LogP contribution >= 0.6 is 0 Å². The maximum atomic E-state index is 5.75. The molecule has 0 bridgehead atoms. The molecule has 0 aromatic carbocycles. The molecule has 4 nitrogen and oxygen atoms in total. The van der Waals surface area contributed by atoms with E-state index in [2.05, 4.69) is 31.0 Å². The van der Waals surface area contributed by atoms with Gasteiger partial charge in [0.2, 0.25) is 0 Å². The number of nitrogens with two attached hydrogens (primary N) is 1. The van der Waals surface area contributed by atoms with Crippen LogP contribution in [0.5, 0.6) is 0 Å². The zero-order valence-electron chi connectivity index (χ0n) is 8.95. The van der Waals surface area contributed by atoms with Crippen LogP contribution in [0.2, 0.25) is 0 Å². The van der Waals surface area contributed by atoms with Crippen molar-refractivity contribution in [1.82, 2.24) is 10.1 Å². The lowest BCUT2D eigenvalue weighted by Gasteiger charge is -2.33. The highest BCUT2D eigenvalue weighted by Crippen LogP contribution is 2.36. The molecule has 1 aromatic rings. The van der Waals surface area contributed by atoms with Crippen molar-refractivity contribution < 1.29 is 4.52 Å². The Kier molecular flexibility index (Phi) is 2.23. The molecule has 0 radical (unpaired) electrons. The van der Waals surface area contributed by atoms with Gasteiger partial charge in [0.15, 0.2) is 11.6 Å². The molecule has 1 aliphatic heterocycles. The molecule has 2 rings (SSSR count). The summed E-state index contributed by atoms with van der Waals surface area (Å²) >= 11 is 0. The Balaban J connectivity index is 2.42. The normalized spacial score (nSPS) is 22.7. The molecular weight excluding hydrogens is 178 g/mol.